The zero-order chi connectivity index (χ0) is 15.3. The number of sulfone groups is 1. The topological polar surface area (TPSA) is 34.1 Å². The summed E-state index contributed by atoms with van der Waals surface area (Å²) >= 11 is 0. The number of benzene rings is 1. The van der Waals surface area contributed by atoms with E-state index in [0.717, 1.165) is 23.8 Å². The van der Waals surface area contributed by atoms with Crippen LogP contribution < -0.4 is 0 Å². The van der Waals surface area contributed by atoms with Crippen LogP contribution in [0.4, 0.5) is 0 Å². The smallest absolute Gasteiger partial charge is 0.203 e. The molecule has 114 valence electrons. The SMILES string of the molecule is C[Si](C)(C)CC1=C(S(=O)(=O)c2ccccc2)[C@H]2CC[C@@H]1C2. The van der Waals surface area contributed by atoms with Crippen LogP contribution in [0.2, 0.25) is 25.7 Å². The minimum absolute atomic E-state index is 0.284. The van der Waals surface area contributed by atoms with Crippen molar-refractivity contribution < 1.29 is 8.42 Å². The lowest BCUT2D eigenvalue weighted by atomic mass is 10.00. The number of hydrogen-bond acceptors (Lipinski definition) is 2. The molecule has 0 unspecified atom stereocenters. The molecule has 0 radical (unpaired) electrons. The molecule has 0 N–H and O–H groups in total. The van der Waals surface area contributed by atoms with Crippen LogP contribution in [0.15, 0.2) is 45.7 Å². The summed E-state index contributed by atoms with van der Waals surface area (Å²) in [5.41, 5.74) is 1.29. The van der Waals surface area contributed by atoms with E-state index in [1.807, 2.05) is 18.2 Å². The molecular weight excluding hydrogens is 296 g/mol. The molecule has 2 aliphatic carbocycles. The van der Waals surface area contributed by atoms with Crippen molar-refractivity contribution in [2.75, 3.05) is 0 Å². The van der Waals surface area contributed by atoms with Crippen molar-refractivity contribution in [3.05, 3.63) is 40.8 Å². The van der Waals surface area contributed by atoms with Crippen LogP contribution in [0.1, 0.15) is 19.3 Å². The fourth-order valence-electron chi connectivity index (χ4n) is 3.92. The maximum absolute atomic E-state index is 13.1. The molecule has 1 saturated carbocycles. The maximum atomic E-state index is 13.1. The van der Waals surface area contributed by atoms with Gasteiger partial charge >= 0.3 is 0 Å². The highest BCUT2D eigenvalue weighted by atomic mass is 32.2. The van der Waals surface area contributed by atoms with Gasteiger partial charge in [-0.05, 0) is 49.3 Å². The normalized spacial score (nSPS) is 25.7. The Kier molecular flexibility index (Phi) is 3.65. The van der Waals surface area contributed by atoms with Crippen molar-refractivity contribution in [2.24, 2.45) is 11.8 Å². The van der Waals surface area contributed by atoms with Crippen LogP contribution in [-0.2, 0) is 9.84 Å². The van der Waals surface area contributed by atoms with Gasteiger partial charge in [-0.2, -0.15) is 0 Å². The van der Waals surface area contributed by atoms with E-state index in [9.17, 15) is 8.42 Å². The second-order valence-corrected chi connectivity index (χ2v) is 15.0. The zero-order valence-corrected chi connectivity index (χ0v) is 14.9. The van der Waals surface area contributed by atoms with Crippen LogP contribution in [0.25, 0.3) is 0 Å². The second kappa shape index (κ2) is 5.09. The van der Waals surface area contributed by atoms with E-state index in [1.54, 1.807) is 12.1 Å². The average molecular weight is 321 g/mol. The molecule has 1 aromatic rings. The summed E-state index contributed by atoms with van der Waals surface area (Å²) in [6.45, 7) is 7.00. The minimum atomic E-state index is -3.29. The van der Waals surface area contributed by atoms with Gasteiger partial charge in [0, 0.05) is 8.07 Å². The predicted molar refractivity (Wildman–Crippen MR) is 89.6 cm³/mol. The second-order valence-electron chi connectivity index (χ2n) is 7.65. The lowest BCUT2D eigenvalue weighted by Crippen LogP contribution is -2.24. The molecule has 2 atom stereocenters. The third-order valence-electron chi connectivity index (χ3n) is 4.68. The first-order valence-electron chi connectivity index (χ1n) is 7.82. The lowest BCUT2D eigenvalue weighted by Gasteiger charge is -2.25. The molecule has 2 aliphatic rings. The monoisotopic (exact) mass is 320 g/mol. The lowest BCUT2D eigenvalue weighted by molar-refractivity contribution is 0.586. The van der Waals surface area contributed by atoms with Gasteiger partial charge in [-0.15, -0.1) is 0 Å². The third kappa shape index (κ3) is 2.76. The van der Waals surface area contributed by atoms with E-state index in [1.165, 1.54) is 12.0 Å². The summed E-state index contributed by atoms with van der Waals surface area (Å²) in [5.74, 6) is 0.821. The van der Waals surface area contributed by atoms with Gasteiger partial charge in [0.05, 0.1) is 9.80 Å². The Hall–Kier alpha value is -0.873. The fraction of sp³-hybridized carbons (Fsp3) is 0.529. The summed E-state index contributed by atoms with van der Waals surface area (Å²) in [5, 5.41) is 0. The Morgan fingerprint density at radius 2 is 1.67 bits per heavy atom. The van der Waals surface area contributed by atoms with E-state index in [4.69, 9.17) is 0 Å². The predicted octanol–water partition coefficient (Wildman–Crippen LogP) is 4.48. The van der Waals surface area contributed by atoms with Crippen molar-refractivity contribution in [3.8, 4) is 0 Å². The van der Waals surface area contributed by atoms with Crippen molar-refractivity contribution >= 4 is 17.9 Å². The molecule has 0 aliphatic heterocycles. The number of fused-ring (bicyclic) bond motifs is 2. The molecule has 0 saturated heterocycles. The van der Waals surface area contributed by atoms with E-state index in [2.05, 4.69) is 19.6 Å². The molecule has 0 spiro atoms. The van der Waals surface area contributed by atoms with E-state index < -0.39 is 17.9 Å². The van der Waals surface area contributed by atoms with E-state index >= 15 is 0 Å². The molecule has 1 fully saturated rings. The van der Waals surface area contributed by atoms with Gasteiger partial charge in [-0.3, -0.25) is 0 Å². The maximum Gasteiger partial charge on any atom is 0.203 e. The molecule has 3 rings (SSSR count). The van der Waals surface area contributed by atoms with Crippen LogP contribution in [0, 0.1) is 11.8 Å². The number of rotatable bonds is 4. The number of allylic oxidation sites excluding steroid dienone is 2. The van der Waals surface area contributed by atoms with E-state index in [0.29, 0.717) is 10.8 Å². The molecule has 0 heterocycles. The van der Waals surface area contributed by atoms with Crippen molar-refractivity contribution in [1.29, 1.82) is 0 Å². The largest absolute Gasteiger partial charge is 0.219 e. The Morgan fingerprint density at radius 1 is 1.05 bits per heavy atom. The standard InChI is InChI=1S/C17H24O2SSi/c1-21(2,3)12-16-13-9-10-14(11-13)17(16)20(18,19)15-7-5-4-6-8-15/h4-8,13-14H,9-12H2,1-3H3/t13-,14+/m1/s1. The highest BCUT2D eigenvalue weighted by molar-refractivity contribution is 7.95. The van der Waals surface area contributed by atoms with Gasteiger partial charge < -0.3 is 0 Å². The Balaban J connectivity index is 2.09. The summed E-state index contributed by atoms with van der Waals surface area (Å²) in [6, 6.07) is 10.0. The number of hydrogen-bond donors (Lipinski definition) is 0. The van der Waals surface area contributed by atoms with Gasteiger partial charge in [0.15, 0.2) is 0 Å². The minimum Gasteiger partial charge on any atom is -0.219 e. The first-order chi connectivity index (χ1) is 9.79. The van der Waals surface area contributed by atoms with Gasteiger partial charge in [0.1, 0.15) is 0 Å². The molecule has 4 heteroatoms. The molecule has 2 bridgehead atoms. The highest BCUT2D eigenvalue weighted by Crippen LogP contribution is 2.53. The van der Waals surface area contributed by atoms with E-state index in [-0.39, 0.29) is 5.92 Å². The van der Waals surface area contributed by atoms with Gasteiger partial charge in [0.2, 0.25) is 9.84 Å². The van der Waals surface area contributed by atoms with Gasteiger partial charge in [-0.1, -0.05) is 43.4 Å². The van der Waals surface area contributed by atoms with Gasteiger partial charge in [0.25, 0.3) is 0 Å². The fourth-order valence-corrected chi connectivity index (χ4v) is 7.68. The molecular formula is C17H24O2SSi. The summed E-state index contributed by atoms with van der Waals surface area (Å²) in [7, 11) is -4.59. The van der Waals surface area contributed by atoms with Crippen LogP contribution in [0.3, 0.4) is 0 Å². The quantitative estimate of drug-likeness (QED) is 0.766. The van der Waals surface area contributed by atoms with Crippen LogP contribution >= 0.6 is 0 Å². The third-order valence-corrected chi connectivity index (χ3v) is 8.19. The summed E-state index contributed by atoms with van der Waals surface area (Å²) in [6.07, 6.45) is 3.32. The molecule has 21 heavy (non-hydrogen) atoms. The zero-order valence-electron chi connectivity index (χ0n) is 13.1. The summed E-state index contributed by atoms with van der Waals surface area (Å²) in [4.78, 5) is 1.27. The first kappa shape index (κ1) is 15.0. The van der Waals surface area contributed by atoms with Crippen molar-refractivity contribution in [1.82, 2.24) is 0 Å². The van der Waals surface area contributed by atoms with Crippen LogP contribution in [0.5, 0.6) is 0 Å². The molecule has 0 amide bonds. The van der Waals surface area contributed by atoms with Crippen molar-refractivity contribution in [2.45, 2.75) is 49.8 Å². The molecule has 2 nitrogen and oxygen atoms in total. The highest BCUT2D eigenvalue weighted by Gasteiger charge is 2.45. The summed E-state index contributed by atoms with van der Waals surface area (Å²) < 4.78 is 26.2. The average Bonchev–Trinajstić information content (AvgIpc) is 2.98. The Morgan fingerprint density at radius 3 is 2.29 bits per heavy atom. The molecule has 1 aromatic carbocycles. The Labute approximate surface area is 129 Å². The first-order valence-corrected chi connectivity index (χ1v) is 13.0. The van der Waals surface area contributed by atoms with Crippen molar-refractivity contribution in [3.63, 3.8) is 0 Å². The van der Waals surface area contributed by atoms with Gasteiger partial charge in [-0.25, -0.2) is 8.42 Å². The Bertz CT molecular complexity index is 668. The van der Waals surface area contributed by atoms with Crippen LogP contribution in [-0.4, -0.2) is 16.5 Å². The molecule has 0 aromatic heterocycles.